The zero-order valence-corrected chi connectivity index (χ0v) is 11.1. The lowest BCUT2D eigenvalue weighted by molar-refractivity contribution is 0.542. The Balaban J connectivity index is 2.33. The van der Waals surface area contributed by atoms with E-state index < -0.39 is 11.3 Å². The van der Waals surface area contributed by atoms with Crippen LogP contribution in [0.25, 0.3) is 0 Å². The van der Waals surface area contributed by atoms with Gasteiger partial charge in [-0.05, 0) is 24.3 Å². The minimum Gasteiger partial charge on any atom is -0.755 e. The molecule has 5 N–H and O–H groups in total. The van der Waals surface area contributed by atoms with E-state index in [4.69, 9.17) is 11.5 Å². The van der Waals surface area contributed by atoms with Crippen molar-refractivity contribution in [3.63, 3.8) is 0 Å². The molecule has 1 atom stereocenters. The number of hydrogen-bond acceptors (Lipinski definition) is 6. The first-order chi connectivity index (χ1) is 9.58. The molecule has 0 saturated heterocycles. The minimum absolute atomic E-state index is 0.0999. The molecule has 2 aromatic carbocycles. The third-order valence-electron chi connectivity index (χ3n) is 2.47. The molecule has 0 aromatic heterocycles. The van der Waals surface area contributed by atoms with Crippen LogP contribution in [0, 0.1) is 0 Å². The summed E-state index contributed by atoms with van der Waals surface area (Å²) in [5, 5.41) is 8.00. The van der Waals surface area contributed by atoms with E-state index in [1.807, 2.05) is 18.2 Å². The highest BCUT2D eigenvalue weighted by molar-refractivity contribution is 7.80. The van der Waals surface area contributed by atoms with Gasteiger partial charge >= 0.3 is 0 Å². The van der Waals surface area contributed by atoms with E-state index in [-0.39, 0.29) is 17.1 Å². The van der Waals surface area contributed by atoms with Gasteiger partial charge in [0.05, 0.1) is 22.7 Å². The third kappa shape index (κ3) is 3.31. The molecule has 20 heavy (non-hydrogen) atoms. The number of hydrogen-bond donors (Lipinski definition) is 3. The first kappa shape index (κ1) is 14.0. The van der Waals surface area contributed by atoms with Gasteiger partial charge in [-0.2, -0.15) is 5.11 Å². The van der Waals surface area contributed by atoms with E-state index in [1.54, 1.807) is 18.2 Å². The Bertz CT molecular complexity index is 660. The molecule has 1 unspecified atom stereocenters. The van der Waals surface area contributed by atoms with Crippen LogP contribution in [0.4, 0.5) is 28.4 Å². The Hall–Kier alpha value is -2.45. The predicted octanol–water partition coefficient (Wildman–Crippen LogP) is 2.47. The van der Waals surface area contributed by atoms with Gasteiger partial charge in [-0.3, -0.25) is 4.21 Å². The van der Waals surface area contributed by atoms with Crippen LogP contribution >= 0.6 is 0 Å². The molecule has 0 spiro atoms. The van der Waals surface area contributed by atoms with Crippen molar-refractivity contribution >= 4 is 39.7 Å². The molecular weight excluding hydrogens is 278 g/mol. The number of rotatable bonds is 4. The minimum atomic E-state index is -2.52. The molecule has 2 aromatic rings. The second kappa shape index (κ2) is 6.13. The fourth-order valence-electron chi connectivity index (χ4n) is 1.52. The molecule has 0 radical (unpaired) electrons. The summed E-state index contributed by atoms with van der Waals surface area (Å²) in [6, 6.07) is 12.2. The van der Waals surface area contributed by atoms with Gasteiger partial charge in [0, 0.05) is 11.3 Å². The molecule has 0 heterocycles. The molecular formula is C12H12N5O2S-. The van der Waals surface area contributed by atoms with E-state index >= 15 is 0 Å². The molecule has 0 saturated carbocycles. The van der Waals surface area contributed by atoms with Crippen LogP contribution in [0.15, 0.2) is 52.7 Å². The zero-order chi connectivity index (χ0) is 14.5. The van der Waals surface area contributed by atoms with Gasteiger partial charge in [-0.1, -0.05) is 18.2 Å². The SMILES string of the molecule is Nc1ccc(N=Nc2ccccc2)c(N)c1NS(=O)[O-]. The largest absolute Gasteiger partial charge is 0.755 e. The van der Waals surface area contributed by atoms with Crippen molar-refractivity contribution in [2.45, 2.75) is 0 Å². The van der Waals surface area contributed by atoms with E-state index in [9.17, 15) is 8.76 Å². The lowest BCUT2D eigenvalue weighted by atomic mass is 10.2. The van der Waals surface area contributed by atoms with E-state index in [0.717, 1.165) is 0 Å². The fourth-order valence-corrected chi connectivity index (χ4v) is 1.91. The fraction of sp³-hybridized carbons (Fsp3) is 0. The Labute approximate surface area is 118 Å². The number of azo groups is 1. The van der Waals surface area contributed by atoms with Crippen LogP contribution in [0.1, 0.15) is 0 Å². The van der Waals surface area contributed by atoms with Gasteiger partial charge in [0.25, 0.3) is 0 Å². The molecule has 104 valence electrons. The average molecular weight is 290 g/mol. The number of anilines is 3. The van der Waals surface area contributed by atoms with Crippen LogP contribution in [0.3, 0.4) is 0 Å². The summed E-state index contributed by atoms with van der Waals surface area (Å²) in [6.07, 6.45) is 0. The number of nitrogen functional groups attached to an aromatic ring is 2. The monoisotopic (exact) mass is 290 g/mol. The third-order valence-corrected chi connectivity index (χ3v) is 2.84. The molecule has 7 nitrogen and oxygen atoms in total. The van der Waals surface area contributed by atoms with Crippen molar-refractivity contribution in [1.29, 1.82) is 0 Å². The van der Waals surface area contributed by atoms with Crippen molar-refractivity contribution in [1.82, 2.24) is 0 Å². The molecule has 0 amide bonds. The van der Waals surface area contributed by atoms with Crippen LogP contribution < -0.4 is 16.2 Å². The molecule has 0 aliphatic rings. The number of nitrogens with zero attached hydrogens (tertiary/aromatic N) is 2. The Morgan fingerprint density at radius 2 is 1.75 bits per heavy atom. The average Bonchev–Trinajstić information content (AvgIpc) is 2.43. The normalized spacial score (nSPS) is 12.4. The Morgan fingerprint density at radius 1 is 1.05 bits per heavy atom. The summed E-state index contributed by atoms with van der Waals surface area (Å²) in [6.45, 7) is 0. The number of nitrogens with two attached hydrogens (primary N) is 2. The standard InChI is InChI=1S/C12H13N5O2S/c13-9-6-7-10(11(14)12(9)17-20(18)19)16-15-8-4-2-1-3-5-8/h1-7,17H,13-14H2,(H,18,19)/p-1. The molecule has 0 bridgehead atoms. The highest BCUT2D eigenvalue weighted by atomic mass is 32.2. The summed E-state index contributed by atoms with van der Waals surface area (Å²) in [5.74, 6) is 0. The van der Waals surface area contributed by atoms with Crippen molar-refractivity contribution < 1.29 is 8.76 Å². The van der Waals surface area contributed by atoms with Crippen molar-refractivity contribution in [2.75, 3.05) is 16.2 Å². The number of nitrogens with one attached hydrogen (secondary N) is 1. The summed E-state index contributed by atoms with van der Waals surface area (Å²) in [7, 11) is 0. The molecule has 0 fully saturated rings. The summed E-state index contributed by atoms with van der Waals surface area (Å²) in [5.41, 5.74) is 12.9. The second-order valence-corrected chi connectivity index (χ2v) is 4.51. The van der Waals surface area contributed by atoms with E-state index in [1.165, 1.54) is 6.07 Å². The van der Waals surface area contributed by atoms with Crippen molar-refractivity contribution in [3.05, 3.63) is 42.5 Å². The molecule has 8 heteroatoms. The Morgan fingerprint density at radius 3 is 2.40 bits per heavy atom. The maximum atomic E-state index is 10.7. The Kier molecular flexibility index (Phi) is 4.28. The van der Waals surface area contributed by atoms with Crippen LogP contribution in [0.5, 0.6) is 0 Å². The van der Waals surface area contributed by atoms with Gasteiger partial charge < -0.3 is 20.7 Å². The van der Waals surface area contributed by atoms with Gasteiger partial charge in [0.2, 0.25) is 0 Å². The first-order valence-electron chi connectivity index (χ1n) is 5.58. The van der Waals surface area contributed by atoms with Gasteiger partial charge in [0.15, 0.2) is 0 Å². The highest BCUT2D eigenvalue weighted by Crippen LogP contribution is 2.35. The van der Waals surface area contributed by atoms with Crippen molar-refractivity contribution in [2.24, 2.45) is 10.2 Å². The second-order valence-electron chi connectivity index (χ2n) is 3.83. The maximum absolute atomic E-state index is 10.7. The maximum Gasteiger partial charge on any atom is 0.111 e. The first-order valence-corrected chi connectivity index (χ1v) is 6.66. The van der Waals surface area contributed by atoms with Crippen molar-refractivity contribution in [3.8, 4) is 0 Å². The summed E-state index contributed by atoms with van der Waals surface area (Å²) in [4.78, 5) is 0. The quantitative estimate of drug-likeness (QED) is 0.453. The van der Waals surface area contributed by atoms with Crippen LogP contribution in [-0.4, -0.2) is 8.76 Å². The molecule has 0 aliphatic carbocycles. The lowest BCUT2D eigenvalue weighted by Gasteiger charge is -2.14. The topological polar surface area (TPSA) is 129 Å². The van der Waals surface area contributed by atoms with Gasteiger partial charge in [-0.15, -0.1) is 5.11 Å². The van der Waals surface area contributed by atoms with Crippen LogP contribution in [0.2, 0.25) is 0 Å². The van der Waals surface area contributed by atoms with E-state index in [0.29, 0.717) is 11.4 Å². The van der Waals surface area contributed by atoms with E-state index in [2.05, 4.69) is 15.0 Å². The summed E-state index contributed by atoms with van der Waals surface area (Å²) < 4.78 is 23.5. The zero-order valence-electron chi connectivity index (χ0n) is 10.3. The van der Waals surface area contributed by atoms with Gasteiger partial charge in [0.1, 0.15) is 5.69 Å². The predicted molar refractivity (Wildman–Crippen MR) is 78.4 cm³/mol. The van der Waals surface area contributed by atoms with Crippen LogP contribution in [-0.2, 0) is 11.3 Å². The lowest BCUT2D eigenvalue weighted by Crippen LogP contribution is -2.07. The molecule has 0 aliphatic heterocycles. The summed E-state index contributed by atoms with van der Waals surface area (Å²) >= 11 is -2.52. The number of benzene rings is 2. The highest BCUT2D eigenvalue weighted by Gasteiger charge is 2.08. The smallest absolute Gasteiger partial charge is 0.111 e. The van der Waals surface area contributed by atoms with Gasteiger partial charge in [-0.25, -0.2) is 0 Å². The molecule has 2 rings (SSSR count).